The summed E-state index contributed by atoms with van der Waals surface area (Å²) >= 11 is 0. The molecule has 2 nitrogen and oxygen atoms in total. The third kappa shape index (κ3) is 6.13. The summed E-state index contributed by atoms with van der Waals surface area (Å²) in [6.07, 6.45) is 0. The minimum absolute atomic E-state index is 0. The molecule has 0 spiro atoms. The van der Waals surface area contributed by atoms with Crippen molar-refractivity contribution in [1.82, 2.24) is 0 Å². The van der Waals surface area contributed by atoms with Gasteiger partial charge in [-0.1, -0.05) is 13.8 Å². The molecule has 0 bridgehead atoms. The molecule has 2 N–H and O–H groups in total. The zero-order chi connectivity index (χ0) is 8.69. The summed E-state index contributed by atoms with van der Waals surface area (Å²) in [5.74, 6) is 0. The average molecular weight is 292 g/mol. The fourth-order valence-electron chi connectivity index (χ4n) is 0.572. The molecule has 0 amide bonds. The first-order valence-corrected chi connectivity index (χ1v) is 3.63. The predicted octanol–water partition coefficient (Wildman–Crippen LogP) is 0.193. The summed E-state index contributed by atoms with van der Waals surface area (Å²) in [5.41, 5.74) is 0.494. The average Bonchev–Trinajstić information content (AvgIpc) is 2.10. The van der Waals surface area contributed by atoms with Gasteiger partial charge < -0.3 is 10.0 Å². The van der Waals surface area contributed by atoms with Crippen molar-refractivity contribution in [1.29, 1.82) is 0 Å². The minimum Gasteiger partial charge on any atom is -0.425 e. The summed E-state index contributed by atoms with van der Waals surface area (Å²) in [6, 6.07) is 9.24. The maximum atomic E-state index is 8.57. The van der Waals surface area contributed by atoms with Gasteiger partial charge in [-0.05, 0) is 0 Å². The first kappa shape index (κ1) is 15.1. The maximum absolute atomic E-state index is 8.57. The van der Waals surface area contributed by atoms with Gasteiger partial charge in [0, 0.05) is 41.3 Å². The van der Waals surface area contributed by atoms with E-state index in [0.717, 1.165) is 0 Å². The first-order valence-electron chi connectivity index (χ1n) is 3.63. The number of hydrogen-bond donors (Lipinski definition) is 2. The Balaban J connectivity index is 0. The molecule has 0 aliphatic carbocycles. The van der Waals surface area contributed by atoms with E-state index in [9.17, 15) is 0 Å². The van der Waals surface area contributed by atoms with Crippen molar-refractivity contribution in [3.8, 4) is 0 Å². The van der Waals surface area contributed by atoms with Crippen LogP contribution in [-0.2, 0) is 0 Å². The van der Waals surface area contributed by atoms with Crippen LogP contribution >= 0.6 is 0 Å². The summed E-state index contributed by atoms with van der Waals surface area (Å²) < 4.78 is 0. The Labute approximate surface area is 107 Å². The van der Waals surface area contributed by atoms with Gasteiger partial charge in [0.1, 0.15) is 0 Å². The molecule has 4 heteroatoms. The van der Waals surface area contributed by atoms with Crippen molar-refractivity contribution in [3.05, 3.63) is 30.3 Å². The van der Waals surface area contributed by atoms with Gasteiger partial charge >= 0.3 is 7.12 Å². The summed E-state index contributed by atoms with van der Waals surface area (Å²) in [4.78, 5) is 0. The molecule has 1 aromatic carbocycles. The summed E-state index contributed by atoms with van der Waals surface area (Å²) in [7, 11) is -1.36. The molecule has 0 aliphatic rings. The number of rotatable bonds is 1. The quantitative estimate of drug-likeness (QED) is 0.573. The molecule has 0 unspecified atom stereocenters. The van der Waals surface area contributed by atoms with Gasteiger partial charge in [0.2, 0.25) is 0 Å². The molecule has 1 rings (SSSR count). The Kier molecular flexibility index (Phi) is 12.1. The van der Waals surface area contributed by atoms with E-state index >= 15 is 0 Å². The van der Waals surface area contributed by atoms with Crippen LogP contribution in [0.1, 0.15) is 13.8 Å². The van der Waals surface area contributed by atoms with Gasteiger partial charge in [-0.3, -0.25) is 0 Å². The fourth-order valence-corrected chi connectivity index (χ4v) is 0.572. The van der Waals surface area contributed by atoms with E-state index in [2.05, 4.69) is 6.07 Å². The second-order valence-electron chi connectivity index (χ2n) is 1.71. The van der Waals surface area contributed by atoms with Crippen molar-refractivity contribution in [2.45, 2.75) is 13.8 Å². The molecule has 1 radical (unpaired) electrons. The summed E-state index contributed by atoms with van der Waals surface area (Å²) in [5, 5.41) is 17.1. The van der Waals surface area contributed by atoms with Gasteiger partial charge in [-0.25, -0.2) is 0 Å². The zero-order valence-corrected chi connectivity index (χ0v) is 11.1. The van der Waals surface area contributed by atoms with Crippen molar-refractivity contribution < 1.29 is 51.3 Å². The van der Waals surface area contributed by atoms with E-state index < -0.39 is 7.12 Å². The number of hydrogen-bond acceptors (Lipinski definition) is 2. The Bertz CT molecular complexity index is 180. The van der Waals surface area contributed by atoms with E-state index in [1.165, 1.54) is 0 Å². The van der Waals surface area contributed by atoms with Gasteiger partial charge in [0.25, 0.3) is 0 Å². The van der Waals surface area contributed by atoms with Gasteiger partial charge in [0.05, 0.1) is 0 Å². The minimum atomic E-state index is -1.36. The van der Waals surface area contributed by atoms with E-state index in [-0.39, 0.29) is 41.3 Å². The van der Waals surface area contributed by atoms with E-state index in [0.29, 0.717) is 5.46 Å². The van der Waals surface area contributed by atoms with Crippen LogP contribution in [0, 0.1) is 47.4 Å². The van der Waals surface area contributed by atoms with Crippen LogP contribution in [0.15, 0.2) is 24.3 Å². The Morgan fingerprint density at radius 3 is 1.83 bits per heavy atom. The maximum Gasteiger partial charge on any atom is 0.462 e. The largest absolute Gasteiger partial charge is 0.462 e. The van der Waals surface area contributed by atoms with Crippen molar-refractivity contribution in [3.63, 3.8) is 0 Å². The van der Waals surface area contributed by atoms with Gasteiger partial charge in [-0.15, -0.1) is 5.46 Å². The molecule has 0 atom stereocenters. The molecule has 0 aliphatic heterocycles. The molecule has 0 saturated carbocycles. The second-order valence-corrected chi connectivity index (χ2v) is 1.71. The Morgan fingerprint density at radius 1 is 1.17 bits per heavy atom. The normalized spacial score (nSPS) is 7.33. The van der Waals surface area contributed by atoms with E-state index in [1.54, 1.807) is 24.3 Å². The van der Waals surface area contributed by atoms with Crippen LogP contribution in [0.5, 0.6) is 0 Å². The third-order valence-corrected chi connectivity index (χ3v) is 1.04. The van der Waals surface area contributed by atoms with Crippen LogP contribution in [0.2, 0.25) is 0 Å². The van der Waals surface area contributed by atoms with Crippen LogP contribution in [0.3, 0.4) is 0 Å². The number of benzene rings is 1. The molecule has 12 heavy (non-hydrogen) atoms. The molecular weight excluding hydrogens is 280 g/mol. The van der Waals surface area contributed by atoms with Crippen LogP contribution in [0.4, 0.5) is 0 Å². The second kappa shape index (κ2) is 9.66. The molecule has 63 valence electrons. The van der Waals surface area contributed by atoms with Crippen molar-refractivity contribution >= 4 is 12.6 Å². The molecule has 0 aromatic heterocycles. The van der Waals surface area contributed by atoms with Gasteiger partial charge in [-0.2, -0.15) is 30.3 Å². The third-order valence-electron chi connectivity index (χ3n) is 1.04. The van der Waals surface area contributed by atoms with Gasteiger partial charge in [0.15, 0.2) is 0 Å². The topological polar surface area (TPSA) is 40.5 Å². The molecular formula is C8H12BO2Pr-. The Morgan fingerprint density at radius 2 is 1.58 bits per heavy atom. The van der Waals surface area contributed by atoms with E-state index in [1.807, 2.05) is 13.8 Å². The first-order chi connectivity index (χ1) is 5.30. The molecule has 0 saturated heterocycles. The Hall–Kier alpha value is 0.569. The predicted molar refractivity (Wildman–Crippen MR) is 46.5 cm³/mol. The van der Waals surface area contributed by atoms with Crippen LogP contribution in [0.25, 0.3) is 0 Å². The smallest absolute Gasteiger partial charge is 0.425 e. The zero-order valence-electron chi connectivity index (χ0n) is 7.36. The molecule has 0 heterocycles. The standard InChI is InChI=1S/C6H6BO2.C2H6.Pr/c8-7(9)6-4-2-1-3-5-6;1-2;/h2-5,8-9H;1-2H3;/q-1;;. The fraction of sp³-hybridized carbons (Fsp3) is 0.250. The van der Waals surface area contributed by atoms with Crippen LogP contribution in [-0.4, -0.2) is 17.2 Å². The van der Waals surface area contributed by atoms with Crippen LogP contribution < -0.4 is 5.46 Å². The van der Waals surface area contributed by atoms with Crippen molar-refractivity contribution in [2.75, 3.05) is 0 Å². The molecule has 1 aromatic rings. The van der Waals surface area contributed by atoms with E-state index in [4.69, 9.17) is 10.0 Å². The molecule has 0 fully saturated rings. The van der Waals surface area contributed by atoms with Crippen molar-refractivity contribution in [2.24, 2.45) is 0 Å². The monoisotopic (exact) mass is 292 g/mol. The summed E-state index contributed by atoms with van der Waals surface area (Å²) in [6.45, 7) is 4.00. The SMILES string of the molecule is CC.OB(O)c1cc[c-]cc1.[Pr].